The van der Waals surface area contributed by atoms with E-state index in [0.717, 1.165) is 6.07 Å². The van der Waals surface area contributed by atoms with Crippen LogP contribution in [0.2, 0.25) is 0 Å². The van der Waals surface area contributed by atoms with E-state index in [4.69, 9.17) is 5.26 Å². The minimum atomic E-state index is -2.98. The second kappa shape index (κ2) is 5.96. The molecule has 0 saturated carbocycles. The van der Waals surface area contributed by atoms with Crippen molar-refractivity contribution in [2.75, 3.05) is 6.61 Å². The molecule has 0 bridgehead atoms. The summed E-state index contributed by atoms with van der Waals surface area (Å²) >= 11 is 0. The number of phenolic OH excluding ortho intramolecular Hbond substituents is 1. The first-order chi connectivity index (χ1) is 8.51. The fourth-order valence-corrected chi connectivity index (χ4v) is 1.52. The van der Waals surface area contributed by atoms with Gasteiger partial charge in [-0.3, -0.25) is 4.79 Å². The fraction of sp³-hybridized carbons (Fsp3) is 0.333. The molecule has 0 radical (unpaired) electrons. The molecule has 0 aliphatic carbocycles. The highest BCUT2D eigenvalue weighted by molar-refractivity contribution is 5.74. The van der Waals surface area contributed by atoms with Crippen LogP contribution in [0.3, 0.4) is 0 Å². The summed E-state index contributed by atoms with van der Waals surface area (Å²) < 4.78 is 30.1. The number of benzene rings is 1. The van der Waals surface area contributed by atoms with Crippen LogP contribution in [-0.4, -0.2) is 17.7 Å². The summed E-state index contributed by atoms with van der Waals surface area (Å²) in [6.07, 6.45) is -3.27. The maximum atomic E-state index is 12.7. The van der Waals surface area contributed by atoms with Crippen LogP contribution in [-0.2, 0) is 16.0 Å². The van der Waals surface area contributed by atoms with E-state index < -0.39 is 23.7 Å². The third kappa shape index (κ3) is 2.94. The van der Waals surface area contributed by atoms with Gasteiger partial charge in [0.15, 0.2) is 0 Å². The van der Waals surface area contributed by atoms with Crippen LogP contribution in [0.25, 0.3) is 0 Å². The van der Waals surface area contributed by atoms with E-state index in [1.54, 1.807) is 13.0 Å². The van der Waals surface area contributed by atoms with Crippen molar-refractivity contribution in [2.24, 2.45) is 0 Å². The van der Waals surface area contributed by atoms with Crippen LogP contribution in [0, 0.1) is 11.3 Å². The molecular formula is C12H11F2NO3. The van der Waals surface area contributed by atoms with Crippen molar-refractivity contribution in [1.82, 2.24) is 0 Å². The van der Waals surface area contributed by atoms with Crippen molar-refractivity contribution >= 4 is 5.97 Å². The summed E-state index contributed by atoms with van der Waals surface area (Å²) in [6.45, 7) is 1.78. The first-order valence-corrected chi connectivity index (χ1v) is 5.19. The molecule has 1 aromatic rings. The van der Waals surface area contributed by atoms with Crippen molar-refractivity contribution in [3.8, 4) is 11.8 Å². The molecule has 0 heterocycles. The van der Waals surface area contributed by atoms with Crippen molar-refractivity contribution < 1.29 is 23.4 Å². The minimum absolute atomic E-state index is 0.115. The number of ether oxygens (including phenoxy) is 1. The number of carbonyl (C=O) groups excluding carboxylic acids is 1. The number of rotatable bonds is 4. The van der Waals surface area contributed by atoms with Gasteiger partial charge < -0.3 is 9.84 Å². The largest absolute Gasteiger partial charge is 0.507 e. The Morgan fingerprint density at radius 2 is 2.22 bits per heavy atom. The number of carbonyl (C=O) groups is 1. The Bertz CT molecular complexity index is 495. The molecule has 4 nitrogen and oxygen atoms in total. The number of halogens is 2. The zero-order valence-corrected chi connectivity index (χ0v) is 9.61. The number of hydrogen-bond donors (Lipinski definition) is 1. The summed E-state index contributed by atoms with van der Waals surface area (Å²) in [4.78, 5) is 11.3. The van der Waals surface area contributed by atoms with Crippen LogP contribution in [0.15, 0.2) is 12.1 Å². The lowest BCUT2D eigenvalue weighted by atomic mass is 9.99. The third-order valence-electron chi connectivity index (χ3n) is 2.28. The van der Waals surface area contributed by atoms with E-state index in [-0.39, 0.29) is 24.2 Å². The highest BCUT2D eigenvalue weighted by atomic mass is 19.3. The Labute approximate surface area is 102 Å². The van der Waals surface area contributed by atoms with Gasteiger partial charge in [-0.15, -0.1) is 0 Å². The van der Waals surface area contributed by atoms with E-state index in [1.165, 1.54) is 6.07 Å². The topological polar surface area (TPSA) is 70.3 Å². The Hall–Kier alpha value is -2.16. The smallest absolute Gasteiger partial charge is 0.310 e. The molecule has 0 atom stereocenters. The normalized spacial score (nSPS) is 10.2. The Morgan fingerprint density at radius 1 is 1.56 bits per heavy atom. The van der Waals surface area contributed by atoms with Gasteiger partial charge in [-0.1, -0.05) is 6.07 Å². The second-order valence-corrected chi connectivity index (χ2v) is 3.43. The molecule has 0 aromatic heterocycles. The van der Waals surface area contributed by atoms with Gasteiger partial charge in [0.05, 0.1) is 24.2 Å². The number of nitrogens with zero attached hydrogens (tertiary/aromatic N) is 1. The first kappa shape index (κ1) is 13.9. The van der Waals surface area contributed by atoms with Crippen LogP contribution in [0.4, 0.5) is 8.78 Å². The Morgan fingerprint density at radius 3 is 2.72 bits per heavy atom. The van der Waals surface area contributed by atoms with Gasteiger partial charge in [-0.2, -0.15) is 5.26 Å². The lowest BCUT2D eigenvalue weighted by Crippen LogP contribution is -2.09. The number of hydrogen-bond acceptors (Lipinski definition) is 4. The number of nitriles is 1. The van der Waals surface area contributed by atoms with Gasteiger partial charge in [0.2, 0.25) is 0 Å². The van der Waals surface area contributed by atoms with Gasteiger partial charge in [-0.05, 0) is 18.6 Å². The molecule has 0 aliphatic rings. The van der Waals surface area contributed by atoms with E-state index in [1.807, 2.05) is 0 Å². The average molecular weight is 255 g/mol. The number of alkyl halides is 2. The Kier molecular flexibility index (Phi) is 4.60. The predicted octanol–water partition coefficient (Wildman–Crippen LogP) is 2.31. The molecule has 0 spiro atoms. The van der Waals surface area contributed by atoms with Crippen molar-refractivity contribution in [3.05, 3.63) is 28.8 Å². The van der Waals surface area contributed by atoms with E-state index in [2.05, 4.69) is 4.74 Å². The molecule has 18 heavy (non-hydrogen) atoms. The summed E-state index contributed by atoms with van der Waals surface area (Å²) in [5.74, 6) is -1.27. The van der Waals surface area contributed by atoms with Crippen LogP contribution in [0.1, 0.15) is 30.0 Å². The molecule has 1 N–H and O–H groups in total. The molecule has 6 heteroatoms. The van der Waals surface area contributed by atoms with Crippen molar-refractivity contribution in [3.63, 3.8) is 0 Å². The van der Waals surface area contributed by atoms with Gasteiger partial charge >= 0.3 is 5.97 Å². The van der Waals surface area contributed by atoms with Crippen molar-refractivity contribution in [1.29, 1.82) is 5.26 Å². The summed E-state index contributed by atoms with van der Waals surface area (Å²) in [7, 11) is 0. The van der Waals surface area contributed by atoms with Crippen LogP contribution in [0.5, 0.6) is 5.75 Å². The van der Waals surface area contributed by atoms with Gasteiger partial charge in [0.1, 0.15) is 11.8 Å². The lowest BCUT2D eigenvalue weighted by Gasteiger charge is -2.10. The van der Waals surface area contributed by atoms with Crippen LogP contribution >= 0.6 is 0 Å². The molecule has 1 aromatic carbocycles. The molecular weight excluding hydrogens is 244 g/mol. The van der Waals surface area contributed by atoms with E-state index >= 15 is 0 Å². The second-order valence-electron chi connectivity index (χ2n) is 3.43. The van der Waals surface area contributed by atoms with Gasteiger partial charge in [0, 0.05) is 0 Å². The SMILES string of the molecule is CCOC(=O)Cc1ccc(O)c(C(F)F)c1C#N. The van der Waals surface area contributed by atoms with Crippen molar-refractivity contribution in [2.45, 2.75) is 19.8 Å². The molecule has 0 fully saturated rings. The maximum absolute atomic E-state index is 12.7. The van der Waals surface area contributed by atoms with E-state index in [0.29, 0.717) is 0 Å². The molecule has 0 saturated heterocycles. The maximum Gasteiger partial charge on any atom is 0.310 e. The number of esters is 1. The number of phenols is 1. The predicted molar refractivity (Wildman–Crippen MR) is 58.1 cm³/mol. The third-order valence-corrected chi connectivity index (χ3v) is 2.28. The minimum Gasteiger partial charge on any atom is -0.507 e. The van der Waals surface area contributed by atoms with Gasteiger partial charge in [-0.25, -0.2) is 8.78 Å². The van der Waals surface area contributed by atoms with E-state index in [9.17, 15) is 18.7 Å². The first-order valence-electron chi connectivity index (χ1n) is 5.19. The standard InChI is InChI=1S/C12H11F2NO3/c1-2-18-10(17)5-7-3-4-9(16)11(12(13)14)8(7)6-15/h3-4,12,16H,2,5H2,1H3. The Balaban J connectivity index is 3.18. The van der Waals surface area contributed by atoms with Crippen LogP contribution < -0.4 is 0 Å². The fourth-order valence-electron chi connectivity index (χ4n) is 1.52. The van der Waals surface area contributed by atoms with Gasteiger partial charge in [0.25, 0.3) is 6.43 Å². The highest BCUT2D eigenvalue weighted by Crippen LogP contribution is 2.33. The molecule has 0 amide bonds. The number of aromatic hydroxyl groups is 1. The summed E-state index contributed by atoms with van der Waals surface area (Å²) in [5, 5.41) is 18.2. The molecule has 1 rings (SSSR count). The zero-order chi connectivity index (χ0) is 13.7. The monoisotopic (exact) mass is 255 g/mol. The average Bonchev–Trinajstić information content (AvgIpc) is 2.30. The summed E-state index contributed by atoms with van der Waals surface area (Å²) in [5.41, 5.74) is -1.01. The lowest BCUT2D eigenvalue weighted by molar-refractivity contribution is -0.142. The quantitative estimate of drug-likeness (QED) is 0.838. The molecule has 0 aliphatic heterocycles. The summed E-state index contributed by atoms with van der Waals surface area (Å²) in [6, 6.07) is 3.89. The highest BCUT2D eigenvalue weighted by Gasteiger charge is 2.22. The molecule has 96 valence electrons. The zero-order valence-electron chi connectivity index (χ0n) is 9.61. The molecule has 0 unspecified atom stereocenters.